The highest BCUT2D eigenvalue weighted by atomic mass is 35.5. The van der Waals surface area contributed by atoms with Crippen LogP contribution in [0.1, 0.15) is 44.1 Å². The highest BCUT2D eigenvalue weighted by molar-refractivity contribution is 6.31. The van der Waals surface area contributed by atoms with Gasteiger partial charge in [0.25, 0.3) is 0 Å². The van der Waals surface area contributed by atoms with Crippen molar-refractivity contribution in [2.45, 2.75) is 43.9 Å². The summed E-state index contributed by atoms with van der Waals surface area (Å²) in [4.78, 5) is 25.2. The Morgan fingerprint density at radius 3 is 2.50 bits per heavy atom. The molecular weight excluding hydrogens is 359 g/mol. The first-order valence-corrected chi connectivity index (χ1v) is 9.50. The normalized spacial score (nSPS) is 20.2. The molecule has 2 fully saturated rings. The predicted molar refractivity (Wildman–Crippen MR) is 96.9 cm³/mol. The van der Waals surface area contributed by atoms with Crippen molar-refractivity contribution in [3.8, 4) is 0 Å². The fourth-order valence-electron chi connectivity index (χ4n) is 4.20. The van der Waals surface area contributed by atoms with Gasteiger partial charge in [-0.1, -0.05) is 30.5 Å². The van der Waals surface area contributed by atoms with Gasteiger partial charge < -0.3 is 15.3 Å². The smallest absolute Gasteiger partial charge is 0.317 e. The lowest BCUT2D eigenvalue weighted by Crippen LogP contribution is -2.48. The van der Waals surface area contributed by atoms with Crippen molar-refractivity contribution in [1.29, 1.82) is 0 Å². The first-order chi connectivity index (χ1) is 12.4. The first kappa shape index (κ1) is 19.0. The third kappa shape index (κ3) is 3.95. The second kappa shape index (κ2) is 7.82. The van der Waals surface area contributed by atoms with Gasteiger partial charge >= 0.3 is 12.0 Å². The van der Waals surface area contributed by atoms with E-state index >= 15 is 0 Å². The lowest BCUT2D eigenvalue weighted by atomic mass is 9.78. The molecule has 2 N–H and O–H groups in total. The first-order valence-electron chi connectivity index (χ1n) is 9.12. The van der Waals surface area contributed by atoms with Gasteiger partial charge in [-0.15, -0.1) is 0 Å². The van der Waals surface area contributed by atoms with E-state index in [4.69, 9.17) is 16.7 Å². The molecule has 5 nitrogen and oxygen atoms in total. The van der Waals surface area contributed by atoms with Gasteiger partial charge in [-0.3, -0.25) is 4.79 Å². The van der Waals surface area contributed by atoms with Crippen LogP contribution in [0.25, 0.3) is 0 Å². The Kier molecular flexibility index (Phi) is 5.70. The molecule has 1 aliphatic carbocycles. The van der Waals surface area contributed by atoms with Crippen molar-refractivity contribution >= 4 is 23.6 Å². The van der Waals surface area contributed by atoms with Crippen LogP contribution in [0.15, 0.2) is 18.2 Å². The van der Waals surface area contributed by atoms with Crippen LogP contribution in [-0.4, -0.2) is 41.6 Å². The number of nitrogens with zero attached hydrogens (tertiary/aromatic N) is 1. The van der Waals surface area contributed by atoms with Gasteiger partial charge in [0, 0.05) is 30.1 Å². The monoisotopic (exact) mass is 382 g/mol. The van der Waals surface area contributed by atoms with Crippen LogP contribution < -0.4 is 5.32 Å². The number of aliphatic carboxylic acids is 1. The Morgan fingerprint density at radius 1 is 1.27 bits per heavy atom. The molecule has 1 aromatic carbocycles. The Labute approximate surface area is 157 Å². The zero-order valence-corrected chi connectivity index (χ0v) is 15.4. The van der Waals surface area contributed by atoms with Crippen molar-refractivity contribution in [1.82, 2.24) is 10.2 Å². The molecule has 1 aromatic rings. The Bertz CT molecular complexity index is 683. The van der Waals surface area contributed by atoms with E-state index in [1.807, 2.05) is 0 Å². The molecule has 1 saturated heterocycles. The van der Waals surface area contributed by atoms with Gasteiger partial charge in [-0.05, 0) is 43.4 Å². The number of amides is 2. The van der Waals surface area contributed by atoms with Gasteiger partial charge in [-0.2, -0.15) is 0 Å². The molecule has 2 amide bonds. The quantitative estimate of drug-likeness (QED) is 0.832. The number of piperidine rings is 1. The molecule has 0 radical (unpaired) electrons. The molecule has 7 heteroatoms. The second-order valence-corrected chi connectivity index (χ2v) is 7.78. The Morgan fingerprint density at radius 2 is 1.92 bits per heavy atom. The topological polar surface area (TPSA) is 69.6 Å². The van der Waals surface area contributed by atoms with Crippen LogP contribution in [-0.2, 0) is 10.2 Å². The summed E-state index contributed by atoms with van der Waals surface area (Å²) >= 11 is 6.29. The van der Waals surface area contributed by atoms with Gasteiger partial charge in [0.15, 0.2) is 0 Å². The summed E-state index contributed by atoms with van der Waals surface area (Å²) in [6.45, 7) is 1.36. The number of rotatable bonds is 4. The molecule has 1 saturated carbocycles. The minimum Gasteiger partial charge on any atom is -0.481 e. The number of urea groups is 1. The van der Waals surface area contributed by atoms with Crippen LogP contribution in [0.2, 0.25) is 5.02 Å². The van der Waals surface area contributed by atoms with E-state index in [0.29, 0.717) is 37.5 Å². The number of carbonyl (C=O) groups excluding carboxylic acids is 1. The summed E-state index contributed by atoms with van der Waals surface area (Å²) in [6.07, 6.45) is 4.87. The molecule has 0 bridgehead atoms. The molecule has 0 atom stereocenters. The third-order valence-corrected chi connectivity index (χ3v) is 6.09. The van der Waals surface area contributed by atoms with Crippen LogP contribution >= 0.6 is 11.6 Å². The maximum absolute atomic E-state index is 13.4. The number of halogens is 2. The van der Waals surface area contributed by atoms with Crippen molar-refractivity contribution in [3.05, 3.63) is 34.6 Å². The summed E-state index contributed by atoms with van der Waals surface area (Å²) in [5.74, 6) is -1.52. The maximum Gasteiger partial charge on any atom is 0.317 e. The number of hydrogen-bond donors (Lipinski definition) is 2. The molecule has 26 heavy (non-hydrogen) atoms. The number of carbonyl (C=O) groups is 2. The lowest BCUT2D eigenvalue weighted by molar-refractivity contribution is -0.143. The van der Waals surface area contributed by atoms with E-state index in [1.54, 1.807) is 11.0 Å². The number of hydrogen-bond acceptors (Lipinski definition) is 2. The van der Waals surface area contributed by atoms with Crippen LogP contribution in [0.4, 0.5) is 9.18 Å². The summed E-state index contributed by atoms with van der Waals surface area (Å²) < 4.78 is 13.4. The number of likely N-dealkylation sites (tertiary alicyclic amines) is 1. The van der Waals surface area contributed by atoms with Gasteiger partial charge in [0.2, 0.25) is 0 Å². The lowest BCUT2D eigenvalue weighted by Gasteiger charge is -2.34. The number of benzene rings is 1. The number of carboxylic acid groups (broad SMARTS) is 1. The molecule has 1 heterocycles. The average Bonchev–Trinajstić information content (AvgIpc) is 3.09. The molecule has 1 aliphatic heterocycles. The van der Waals surface area contributed by atoms with Crippen molar-refractivity contribution < 1.29 is 19.1 Å². The van der Waals surface area contributed by atoms with E-state index in [1.165, 1.54) is 12.1 Å². The summed E-state index contributed by atoms with van der Waals surface area (Å²) in [5.41, 5.74) is 0.628. The van der Waals surface area contributed by atoms with Gasteiger partial charge in [0.1, 0.15) is 5.82 Å². The molecular formula is C19H24ClFN2O3. The molecule has 0 unspecified atom stereocenters. The van der Waals surface area contributed by atoms with Crippen LogP contribution in [0, 0.1) is 11.7 Å². The van der Waals surface area contributed by atoms with E-state index in [2.05, 4.69) is 5.32 Å². The molecule has 0 aromatic heterocycles. The minimum absolute atomic E-state index is 0.168. The number of nitrogens with one attached hydrogen (secondary N) is 1. The number of carboxylic acids is 1. The summed E-state index contributed by atoms with van der Waals surface area (Å²) in [6, 6.07) is 4.31. The zero-order valence-electron chi connectivity index (χ0n) is 14.6. The third-order valence-electron chi connectivity index (χ3n) is 5.77. The van der Waals surface area contributed by atoms with Crippen molar-refractivity contribution in [2.75, 3.05) is 19.6 Å². The minimum atomic E-state index is -0.791. The van der Waals surface area contributed by atoms with E-state index < -0.39 is 5.97 Å². The fraction of sp³-hybridized carbons (Fsp3) is 0.579. The molecule has 142 valence electrons. The van der Waals surface area contributed by atoms with Crippen LogP contribution in [0.5, 0.6) is 0 Å². The maximum atomic E-state index is 13.4. The Balaban J connectivity index is 1.64. The van der Waals surface area contributed by atoms with Crippen molar-refractivity contribution in [2.24, 2.45) is 5.92 Å². The predicted octanol–water partition coefficient (Wildman–Crippen LogP) is 3.80. The van der Waals surface area contributed by atoms with E-state index in [9.17, 15) is 14.0 Å². The summed E-state index contributed by atoms with van der Waals surface area (Å²) in [5, 5.41) is 12.5. The SMILES string of the molecule is O=C(O)C1CCN(C(=O)NCC2(c3ccc(F)cc3Cl)CCCC2)CC1. The molecule has 0 spiro atoms. The average molecular weight is 383 g/mol. The van der Waals surface area contributed by atoms with Gasteiger partial charge in [0.05, 0.1) is 5.92 Å². The molecule has 3 rings (SSSR count). The standard InChI is InChI=1S/C19H24ClFN2O3/c20-16-11-14(21)3-4-15(16)19(7-1-2-8-19)12-22-18(26)23-9-5-13(6-10-23)17(24)25/h3-4,11,13H,1-2,5-10,12H2,(H,22,26)(H,24,25). The molecule has 2 aliphatic rings. The van der Waals surface area contributed by atoms with Crippen LogP contribution in [0.3, 0.4) is 0 Å². The highest BCUT2D eigenvalue weighted by Crippen LogP contribution is 2.43. The largest absolute Gasteiger partial charge is 0.481 e. The highest BCUT2D eigenvalue weighted by Gasteiger charge is 2.38. The summed E-state index contributed by atoms with van der Waals surface area (Å²) in [7, 11) is 0. The zero-order chi connectivity index (χ0) is 18.7. The van der Waals surface area contributed by atoms with E-state index in [-0.39, 0.29) is 23.2 Å². The Hall–Kier alpha value is -1.82. The van der Waals surface area contributed by atoms with E-state index in [0.717, 1.165) is 31.2 Å². The van der Waals surface area contributed by atoms with Gasteiger partial charge in [-0.25, -0.2) is 9.18 Å². The fourth-order valence-corrected chi connectivity index (χ4v) is 4.57. The van der Waals surface area contributed by atoms with Crippen molar-refractivity contribution in [3.63, 3.8) is 0 Å². The second-order valence-electron chi connectivity index (χ2n) is 7.37.